The molecule has 1 aromatic heterocycles. The van der Waals surface area contributed by atoms with Gasteiger partial charge in [0.15, 0.2) is 0 Å². The first-order chi connectivity index (χ1) is 8.72. The largest absolute Gasteiger partial charge is 0.384 e. The molecule has 1 fully saturated rings. The smallest absolute Gasteiger partial charge is 0.0725 e. The van der Waals surface area contributed by atoms with Gasteiger partial charge in [0, 0.05) is 34.6 Å². The van der Waals surface area contributed by atoms with Gasteiger partial charge in [-0.05, 0) is 31.9 Å². The monoisotopic (exact) mass is 260 g/mol. The van der Waals surface area contributed by atoms with Crippen LogP contribution in [0.5, 0.6) is 0 Å². The molecule has 18 heavy (non-hydrogen) atoms. The lowest BCUT2D eigenvalue weighted by molar-refractivity contribution is 0.619. The predicted molar refractivity (Wildman–Crippen MR) is 77.4 cm³/mol. The molecule has 3 rings (SSSR count). The number of alkyl halides is 1. The Kier molecular flexibility index (Phi) is 2.90. The number of nitrogens with one attached hydrogen (secondary N) is 1. The van der Waals surface area contributed by atoms with Gasteiger partial charge in [-0.15, -0.1) is 11.6 Å². The maximum atomic E-state index is 6.02. The zero-order valence-corrected chi connectivity index (χ0v) is 11.3. The minimum Gasteiger partial charge on any atom is -0.384 e. The number of halogens is 1. The van der Waals surface area contributed by atoms with Gasteiger partial charge < -0.3 is 5.32 Å². The van der Waals surface area contributed by atoms with Crippen LogP contribution in [0, 0.1) is 12.3 Å². The molecule has 0 amide bonds. The summed E-state index contributed by atoms with van der Waals surface area (Å²) in [5, 5.41) is 4.75. The number of hydrogen-bond acceptors (Lipinski definition) is 2. The van der Waals surface area contributed by atoms with E-state index in [9.17, 15) is 0 Å². The van der Waals surface area contributed by atoms with Crippen molar-refractivity contribution < 1.29 is 0 Å². The highest BCUT2D eigenvalue weighted by atomic mass is 35.5. The van der Waals surface area contributed by atoms with Crippen LogP contribution in [0.2, 0.25) is 0 Å². The molecule has 1 N–H and O–H groups in total. The van der Waals surface area contributed by atoms with Crippen LogP contribution in [-0.2, 0) is 0 Å². The molecule has 1 aromatic carbocycles. The Morgan fingerprint density at radius 3 is 2.83 bits per heavy atom. The summed E-state index contributed by atoms with van der Waals surface area (Å²) in [4.78, 5) is 4.55. The van der Waals surface area contributed by atoms with Crippen molar-refractivity contribution in [3.8, 4) is 0 Å². The number of aryl methyl sites for hydroxylation is 1. The van der Waals surface area contributed by atoms with Crippen LogP contribution in [0.4, 0.5) is 5.69 Å². The molecule has 0 saturated heterocycles. The van der Waals surface area contributed by atoms with Gasteiger partial charge in [0.25, 0.3) is 0 Å². The van der Waals surface area contributed by atoms with Gasteiger partial charge in [-0.25, -0.2) is 0 Å². The maximum Gasteiger partial charge on any atom is 0.0725 e. The lowest BCUT2D eigenvalue weighted by Crippen LogP contribution is -2.17. The first-order valence-corrected chi connectivity index (χ1v) is 6.92. The Bertz CT molecular complexity index is 576. The Balaban J connectivity index is 1.91. The first-order valence-electron chi connectivity index (χ1n) is 6.39. The second-order valence-corrected chi connectivity index (χ2v) is 5.58. The Hall–Kier alpha value is -1.28. The molecule has 2 aromatic rings. The summed E-state index contributed by atoms with van der Waals surface area (Å²) >= 11 is 6.02. The minimum absolute atomic E-state index is 0.333. The Morgan fingerprint density at radius 1 is 1.33 bits per heavy atom. The third-order valence-corrected chi connectivity index (χ3v) is 4.31. The van der Waals surface area contributed by atoms with Crippen LogP contribution in [0.3, 0.4) is 0 Å². The minimum atomic E-state index is 0.333. The zero-order chi connectivity index (χ0) is 12.6. The van der Waals surface area contributed by atoms with Gasteiger partial charge in [-0.3, -0.25) is 4.98 Å². The summed E-state index contributed by atoms with van der Waals surface area (Å²) < 4.78 is 0. The number of benzene rings is 1. The fourth-order valence-corrected chi connectivity index (χ4v) is 2.63. The maximum absolute atomic E-state index is 6.02. The van der Waals surface area contributed by atoms with Gasteiger partial charge in [0.1, 0.15) is 0 Å². The molecule has 2 nitrogen and oxygen atoms in total. The molecular weight excluding hydrogens is 244 g/mol. The summed E-state index contributed by atoms with van der Waals surface area (Å²) in [6, 6.07) is 10.4. The predicted octanol–water partition coefficient (Wildman–Crippen LogP) is 3.97. The normalized spacial score (nSPS) is 16.8. The fourth-order valence-electron chi connectivity index (χ4n) is 2.27. The van der Waals surface area contributed by atoms with Crippen molar-refractivity contribution in [1.29, 1.82) is 0 Å². The number of nitrogens with zero attached hydrogens (tertiary/aromatic N) is 1. The van der Waals surface area contributed by atoms with E-state index in [1.165, 1.54) is 23.9 Å². The quantitative estimate of drug-likeness (QED) is 0.842. The van der Waals surface area contributed by atoms with Crippen molar-refractivity contribution in [3.05, 3.63) is 36.0 Å². The molecule has 0 radical (unpaired) electrons. The van der Waals surface area contributed by atoms with E-state index >= 15 is 0 Å². The van der Waals surface area contributed by atoms with Crippen LogP contribution in [0.25, 0.3) is 10.9 Å². The van der Waals surface area contributed by atoms with Gasteiger partial charge in [-0.2, -0.15) is 0 Å². The molecule has 0 bridgehead atoms. The number of pyridine rings is 1. The number of aromatic nitrogens is 1. The average molecular weight is 261 g/mol. The van der Waals surface area contributed by atoms with Crippen LogP contribution < -0.4 is 5.32 Å². The fraction of sp³-hybridized carbons (Fsp3) is 0.400. The van der Waals surface area contributed by atoms with E-state index < -0.39 is 0 Å². The van der Waals surface area contributed by atoms with E-state index in [4.69, 9.17) is 11.6 Å². The summed E-state index contributed by atoms with van der Waals surface area (Å²) in [6.07, 6.45) is 2.48. The average Bonchev–Trinajstić information content (AvgIpc) is 3.16. The van der Waals surface area contributed by atoms with E-state index in [1.54, 1.807) is 0 Å². The lowest BCUT2D eigenvalue weighted by Gasteiger charge is -2.15. The number of fused-ring (bicyclic) bond motifs is 1. The van der Waals surface area contributed by atoms with Gasteiger partial charge in [0.05, 0.1) is 5.52 Å². The molecule has 0 atom stereocenters. The third kappa shape index (κ3) is 2.17. The standard InChI is InChI=1S/C15H17ClN2/c1-11-8-14(17-10-15(9-16)6-7-15)12-4-2-3-5-13(12)18-11/h2-5,8H,6-7,9-10H2,1H3,(H,17,18). The lowest BCUT2D eigenvalue weighted by atomic mass is 10.1. The van der Waals surface area contributed by atoms with Crippen LogP contribution in [-0.4, -0.2) is 17.4 Å². The van der Waals surface area contributed by atoms with E-state index in [2.05, 4.69) is 34.6 Å². The van der Waals surface area contributed by atoms with Crippen molar-refractivity contribution in [3.63, 3.8) is 0 Å². The second kappa shape index (κ2) is 4.43. The third-order valence-electron chi connectivity index (χ3n) is 3.74. The summed E-state index contributed by atoms with van der Waals surface area (Å²) in [6.45, 7) is 3.00. The molecule has 3 heteroatoms. The van der Waals surface area contributed by atoms with Crippen molar-refractivity contribution in [1.82, 2.24) is 4.98 Å². The van der Waals surface area contributed by atoms with Crippen molar-refractivity contribution in [2.75, 3.05) is 17.7 Å². The van der Waals surface area contributed by atoms with E-state index in [-0.39, 0.29) is 0 Å². The summed E-state index contributed by atoms with van der Waals surface area (Å²) in [5.74, 6) is 0.752. The van der Waals surface area contributed by atoms with Gasteiger partial charge in [-0.1, -0.05) is 18.2 Å². The molecule has 1 saturated carbocycles. The highest BCUT2D eigenvalue weighted by Crippen LogP contribution is 2.46. The number of anilines is 1. The topological polar surface area (TPSA) is 24.9 Å². The second-order valence-electron chi connectivity index (χ2n) is 5.32. The Morgan fingerprint density at radius 2 is 2.11 bits per heavy atom. The van der Waals surface area contributed by atoms with Crippen molar-refractivity contribution >= 4 is 28.2 Å². The summed E-state index contributed by atoms with van der Waals surface area (Å²) in [5.41, 5.74) is 3.61. The molecular formula is C15H17ClN2. The molecule has 1 heterocycles. The van der Waals surface area contributed by atoms with Gasteiger partial charge in [0.2, 0.25) is 0 Å². The Labute approximate surface area is 112 Å². The molecule has 94 valence electrons. The number of hydrogen-bond donors (Lipinski definition) is 1. The van der Waals surface area contributed by atoms with E-state index in [1.807, 2.05) is 13.0 Å². The highest BCUT2D eigenvalue weighted by Gasteiger charge is 2.41. The number of para-hydroxylation sites is 1. The number of rotatable bonds is 4. The molecule has 1 aliphatic carbocycles. The molecule has 0 spiro atoms. The van der Waals surface area contributed by atoms with Crippen LogP contribution >= 0.6 is 11.6 Å². The van der Waals surface area contributed by atoms with E-state index in [0.29, 0.717) is 5.41 Å². The van der Waals surface area contributed by atoms with Crippen molar-refractivity contribution in [2.24, 2.45) is 5.41 Å². The summed E-state index contributed by atoms with van der Waals surface area (Å²) in [7, 11) is 0. The first kappa shape index (κ1) is 11.8. The molecule has 0 aliphatic heterocycles. The molecule has 1 aliphatic rings. The van der Waals surface area contributed by atoms with Crippen LogP contribution in [0.1, 0.15) is 18.5 Å². The molecule has 0 unspecified atom stereocenters. The SMILES string of the molecule is Cc1cc(NCC2(CCl)CC2)c2ccccc2n1. The van der Waals surface area contributed by atoms with Crippen LogP contribution in [0.15, 0.2) is 30.3 Å². The zero-order valence-electron chi connectivity index (χ0n) is 10.5. The highest BCUT2D eigenvalue weighted by molar-refractivity contribution is 6.18. The van der Waals surface area contributed by atoms with Gasteiger partial charge >= 0.3 is 0 Å². The van der Waals surface area contributed by atoms with E-state index in [0.717, 1.165) is 23.6 Å². The van der Waals surface area contributed by atoms with Crippen molar-refractivity contribution in [2.45, 2.75) is 19.8 Å².